The van der Waals surface area contributed by atoms with Crippen molar-refractivity contribution >= 4 is 11.8 Å². The van der Waals surface area contributed by atoms with E-state index in [-0.39, 0.29) is 0 Å². The zero-order valence-electron chi connectivity index (χ0n) is 12.8. The average molecular weight is 315 g/mol. The third kappa shape index (κ3) is 2.92. The largest absolute Gasteiger partial charge is 0.338 e. The van der Waals surface area contributed by atoms with Crippen LogP contribution in [0.15, 0.2) is 34.9 Å². The van der Waals surface area contributed by atoms with Gasteiger partial charge in [-0.25, -0.2) is 0 Å². The molecule has 2 aromatic rings. The maximum atomic E-state index is 5.48. The summed E-state index contributed by atoms with van der Waals surface area (Å²) in [5, 5.41) is 4.71. The molecule has 0 unspecified atom stereocenters. The summed E-state index contributed by atoms with van der Waals surface area (Å²) in [4.78, 5) is 7.08. The Morgan fingerprint density at radius 3 is 2.86 bits per heavy atom. The Hall–Kier alpha value is -1.33. The monoisotopic (exact) mass is 315 g/mol. The smallest absolute Gasteiger partial charge is 0.240 e. The first-order valence-electron chi connectivity index (χ1n) is 8.04. The van der Waals surface area contributed by atoms with Crippen LogP contribution in [0, 0.1) is 0 Å². The van der Waals surface area contributed by atoms with Gasteiger partial charge in [0, 0.05) is 29.5 Å². The van der Waals surface area contributed by atoms with Crippen molar-refractivity contribution in [2.24, 2.45) is 0 Å². The Kier molecular flexibility index (Phi) is 3.92. The van der Waals surface area contributed by atoms with Gasteiger partial charge in [0.25, 0.3) is 0 Å². The fourth-order valence-electron chi connectivity index (χ4n) is 3.21. The van der Waals surface area contributed by atoms with Crippen molar-refractivity contribution in [2.45, 2.75) is 43.5 Å². The Labute approximate surface area is 135 Å². The number of hydrogen-bond acceptors (Lipinski definition) is 5. The SMILES string of the molecule is C[C@@H]1SCCN(Cc2nc(C3CC3)no2)[C@@H]1c1ccccc1. The van der Waals surface area contributed by atoms with Crippen LogP contribution in [0.25, 0.3) is 0 Å². The van der Waals surface area contributed by atoms with E-state index in [4.69, 9.17) is 4.52 Å². The van der Waals surface area contributed by atoms with E-state index in [1.807, 2.05) is 11.8 Å². The third-order valence-corrected chi connectivity index (χ3v) is 5.70. The summed E-state index contributed by atoms with van der Waals surface area (Å²) in [6.45, 7) is 4.14. The molecule has 4 nitrogen and oxygen atoms in total. The van der Waals surface area contributed by atoms with E-state index in [2.05, 4.69) is 52.3 Å². The van der Waals surface area contributed by atoms with E-state index in [0.717, 1.165) is 30.6 Å². The molecule has 2 heterocycles. The maximum Gasteiger partial charge on any atom is 0.240 e. The summed E-state index contributed by atoms with van der Waals surface area (Å²) in [5.41, 5.74) is 1.38. The Morgan fingerprint density at radius 1 is 1.27 bits per heavy atom. The van der Waals surface area contributed by atoms with Gasteiger partial charge in [0.2, 0.25) is 5.89 Å². The minimum absolute atomic E-state index is 0.413. The molecule has 0 N–H and O–H groups in total. The normalized spacial score (nSPS) is 26.2. The average Bonchev–Trinajstić information content (AvgIpc) is 3.29. The predicted octanol–water partition coefficient (Wildman–Crippen LogP) is 3.63. The molecule has 2 aliphatic rings. The number of rotatable bonds is 4. The summed E-state index contributed by atoms with van der Waals surface area (Å²) in [5.74, 6) is 3.39. The molecular formula is C17H21N3OS. The van der Waals surface area contributed by atoms with Gasteiger partial charge in [0.15, 0.2) is 5.82 Å². The molecular weight excluding hydrogens is 294 g/mol. The maximum absolute atomic E-state index is 5.48. The molecule has 0 radical (unpaired) electrons. The van der Waals surface area contributed by atoms with E-state index in [1.165, 1.54) is 18.4 Å². The molecule has 1 saturated carbocycles. The molecule has 0 bridgehead atoms. The minimum Gasteiger partial charge on any atom is -0.338 e. The fraction of sp³-hybridized carbons (Fsp3) is 0.529. The lowest BCUT2D eigenvalue weighted by atomic mass is 10.0. The molecule has 1 saturated heterocycles. The summed E-state index contributed by atoms with van der Waals surface area (Å²) >= 11 is 2.05. The summed E-state index contributed by atoms with van der Waals surface area (Å²) in [7, 11) is 0. The first kappa shape index (κ1) is 14.3. The lowest BCUT2D eigenvalue weighted by molar-refractivity contribution is 0.167. The quantitative estimate of drug-likeness (QED) is 0.862. The van der Waals surface area contributed by atoms with E-state index in [0.29, 0.717) is 17.2 Å². The summed E-state index contributed by atoms with van der Waals surface area (Å²) in [6, 6.07) is 11.2. The zero-order chi connectivity index (χ0) is 14.9. The Morgan fingerprint density at radius 2 is 2.09 bits per heavy atom. The van der Waals surface area contributed by atoms with Gasteiger partial charge in [-0.2, -0.15) is 16.7 Å². The Balaban J connectivity index is 1.54. The highest BCUT2D eigenvalue weighted by molar-refractivity contribution is 8.00. The molecule has 1 aromatic carbocycles. The molecule has 1 aromatic heterocycles. The van der Waals surface area contributed by atoms with E-state index in [9.17, 15) is 0 Å². The molecule has 22 heavy (non-hydrogen) atoms. The van der Waals surface area contributed by atoms with Crippen LogP contribution in [0.2, 0.25) is 0 Å². The summed E-state index contributed by atoms with van der Waals surface area (Å²) in [6.07, 6.45) is 2.42. The zero-order valence-corrected chi connectivity index (χ0v) is 13.6. The molecule has 116 valence electrons. The molecule has 5 heteroatoms. The number of aromatic nitrogens is 2. The number of benzene rings is 1. The van der Waals surface area contributed by atoms with E-state index < -0.39 is 0 Å². The first-order chi connectivity index (χ1) is 10.8. The highest BCUT2D eigenvalue weighted by Gasteiger charge is 2.33. The van der Waals surface area contributed by atoms with Crippen LogP contribution in [0.4, 0.5) is 0 Å². The van der Waals surface area contributed by atoms with Gasteiger partial charge in [-0.3, -0.25) is 4.90 Å². The van der Waals surface area contributed by atoms with Gasteiger partial charge in [-0.1, -0.05) is 42.4 Å². The minimum atomic E-state index is 0.413. The molecule has 0 amide bonds. The van der Waals surface area contributed by atoms with Crippen molar-refractivity contribution in [3.63, 3.8) is 0 Å². The molecule has 0 spiro atoms. The van der Waals surface area contributed by atoms with Crippen molar-refractivity contribution in [3.05, 3.63) is 47.6 Å². The molecule has 4 rings (SSSR count). The first-order valence-corrected chi connectivity index (χ1v) is 9.09. The highest BCUT2D eigenvalue weighted by atomic mass is 32.2. The van der Waals surface area contributed by atoms with Crippen molar-refractivity contribution < 1.29 is 4.52 Å². The van der Waals surface area contributed by atoms with E-state index >= 15 is 0 Å². The lowest BCUT2D eigenvalue weighted by Crippen LogP contribution is -2.39. The van der Waals surface area contributed by atoms with Gasteiger partial charge in [0.05, 0.1) is 6.54 Å². The lowest BCUT2D eigenvalue weighted by Gasteiger charge is -2.39. The van der Waals surface area contributed by atoms with Crippen LogP contribution in [0.3, 0.4) is 0 Å². The van der Waals surface area contributed by atoms with Gasteiger partial charge >= 0.3 is 0 Å². The van der Waals surface area contributed by atoms with E-state index in [1.54, 1.807) is 0 Å². The van der Waals surface area contributed by atoms with Crippen LogP contribution in [-0.2, 0) is 6.54 Å². The standard InChI is InChI=1S/C17H21N3OS/c1-12-16(13-5-3-2-4-6-13)20(9-10-22-12)11-15-18-17(19-21-15)14-7-8-14/h2-6,12,14,16H,7-11H2,1H3/t12-,16-/m0/s1. The van der Waals surface area contributed by atoms with Gasteiger partial charge in [-0.15, -0.1) is 0 Å². The second-order valence-corrected chi connectivity index (χ2v) is 7.71. The second kappa shape index (κ2) is 6.05. The van der Waals surface area contributed by atoms with Crippen molar-refractivity contribution in [2.75, 3.05) is 12.3 Å². The second-order valence-electron chi connectivity index (χ2n) is 6.22. The van der Waals surface area contributed by atoms with Gasteiger partial charge in [0.1, 0.15) is 0 Å². The van der Waals surface area contributed by atoms with Crippen LogP contribution in [-0.4, -0.2) is 32.6 Å². The van der Waals surface area contributed by atoms with Crippen molar-refractivity contribution in [1.82, 2.24) is 15.0 Å². The molecule has 1 aliphatic carbocycles. The highest BCUT2D eigenvalue weighted by Crippen LogP contribution is 2.39. The fourth-order valence-corrected chi connectivity index (χ4v) is 4.43. The third-order valence-electron chi connectivity index (χ3n) is 4.50. The number of thioether (sulfide) groups is 1. The number of nitrogens with zero attached hydrogens (tertiary/aromatic N) is 3. The van der Waals surface area contributed by atoms with Crippen molar-refractivity contribution in [3.8, 4) is 0 Å². The van der Waals surface area contributed by atoms with Crippen LogP contribution in [0.5, 0.6) is 0 Å². The molecule has 1 aliphatic heterocycles. The topological polar surface area (TPSA) is 42.2 Å². The van der Waals surface area contributed by atoms with Crippen LogP contribution >= 0.6 is 11.8 Å². The molecule has 2 atom stereocenters. The molecule has 2 fully saturated rings. The predicted molar refractivity (Wildman–Crippen MR) is 87.8 cm³/mol. The Bertz CT molecular complexity index is 626. The van der Waals surface area contributed by atoms with Gasteiger partial charge < -0.3 is 4.52 Å². The van der Waals surface area contributed by atoms with Crippen LogP contribution in [0.1, 0.15) is 49.0 Å². The van der Waals surface area contributed by atoms with Crippen molar-refractivity contribution in [1.29, 1.82) is 0 Å². The van der Waals surface area contributed by atoms with Crippen LogP contribution < -0.4 is 0 Å². The number of hydrogen-bond donors (Lipinski definition) is 0. The summed E-state index contributed by atoms with van der Waals surface area (Å²) < 4.78 is 5.48. The van der Waals surface area contributed by atoms with Gasteiger partial charge in [-0.05, 0) is 18.4 Å².